The van der Waals surface area contributed by atoms with Crippen LogP contribution in [0.3, 0.4) is 0 Å². The lowest BCUT2D eigenvalue weighted by atomic mass is 9.97. The van der Waals surface area contributed by atoms with E-state index in [9.17, 15) is 9.59 Å². The Morgan fingerprint density at radius 2 is 1.92 bits per heavy atom. The molecule has 1 N–H and O–H groups in total. The van der Waals surface area contributed by atoms with Gasteiger partial charge in [-0.25, -0.2) is 0 Å². The van der Waals surface area contributed by atoms with Crippen LogP contribution in [0.5, 0.6) is 0 Å². The topological polar surface area (TPSA) is 80.2 Å². The van der Waals surface area contributed by atoms with Crippen LogP contribution in [0, 0.1) is 5.92 Å². The summed E-state index contributed by atoms with van der Waals surface area (Å²) in [5.74, 6) is 0.537. The smallest absolute Gasteiger partial charge is 0.308 e. The molecular weight excluding hydrogens is 425 g/mol. The fourth-order valence-corrected chi connectivity index (χ4v) is 2.56. The van der Waals surface area contributed by atoms with Crippen molar-refractivity contribution >= 4 is 41.9 Å². The van der Waals surface area contributed by atoms with E-state index in [-0.39, 0.29) is 41.8 Å². The van der Waals surface area contributed by atoms with Crippen molar-refractivity contribution in [3.8, 4) is 0 Å². The number of nitrogens with zero attached hydrogens (tertiary/aromatic N) is 2. The number of hydrogen-bond acceptors (Lipinski definition) is 5. The third kappa shape index (κ3) is 8.16. The Kier molecular flexibility index (Phi) is 12.7. The van der Waals surface area contributed by atoms with E-state index in [2.05, 4.69) is 15.2 Å². The SMILES string of the molecule is CCNC(=NCCCC(=O)OCC)N1CCC(C(=O)OC)CC1.I. The van der Waals surface area contributed by atoms with Crippen LogP contribution < -0.4 is 5.32 Å². The van der Waals surface area contributed by atoms with Gasteiger partial charge >= 0.3 is 11.9 Å². The molecule has 0 radical (unpaired) electrons. The molecule has 1 heterocycles. The van der Waals surface area contributed by atoms with Crippen LogP contribution in [0.25, 0.3) is 0 Å². The summed E-state index contributed by atoms with van der Waals surface area (Å²) in [6.45, 7) is 7.17. The number of hydrogen-bond donors (Lipinski definition) is 1. The molecular formula is C16H30IN3O4. The van der Waals surface area contributed by atoms with E-state index in [1.807, 2.05) is 6.92 Å². The molecule has 1 fully saturated rings. The number of likely N-dealkylation sites (tertiary alicyclic amines) is 1. The van der Waals surface area contributed by atoms with Crippen molar-refractivity contribution < 1.29 is 19.1 Å². The van der Waals surface area contributed by atoms with Gasteiger partial charge in [-0.05, 0) is 33.1 Å². The zero-order chi connectivity index (χ0) is 17.1. The highest BCUT2D eigenvalue weighted by molar-refractivity contribution is 14.0. The maximum Gasteiger partial charge on any atom is 0.308 e. The first-order valence-electron chi connectivity index (χ1n) is 8.39. The molecule has 0 atom stereocenters. The molecule has 0 aromatic rings. The minimum atomic E-state index is -0.174. The van der Waals surface area contributed by atoms with Crippen LogP contribution in [0.15, 0.2) is 4.99 Å². The van der Waals surface area contributed by atoms with Crippen molar-refractivity contribution in [2.45, 2.75) is 39.5 Å². The molecule has 0 amide bonds. The highest BCUT2D eigenvalue weighted by Gasteiger charge is 2.26. The zero-order valence-electron chi connectivity index (χ0n) is 14.9. The van der Waals surface area contributed by atoms with Gasteiger partial charge in [0.2, 0.25) is 0 Å². The lowest BCUT2D eigenvalue weighted by Crippen LogP contribution is -2.46. The molecule has 0 aromatic heterocycles. The Morgan fingerprint density at radius 3 is 2.46 bits per heavy atom. The monoisotopic (exact) mass is 455 g/mol. The summed E-state index contributed by atoms with van der Waals surface area (Å²) in [6.07, 6.45) is 2.62. The van der Waals surface area contributed by atoms with Gasteiger partial charge in [0, 0.05) is 32.6 Å². The fraction of sp³-hybridized carbons (Fsp3) is 0.812. The molecule has 0 spiro atoms. The average Bonchev–Trinajstić information content (AvgIpc) is 2.57. The number of carbonyl (C=O) groups is 2. The van der Waals surface area contributed by atoms with Crippen LogP contribution in [0.1, 0.15) is 39.5 Å². The lowest BCUT2D eigenvalue weighted by Gasteiger charge is -2.33. The van der Waals surface area contributed by atoms with Crippen LogP contribution in [-0.4, -0.2) is 62.7 Å². The predicted octanol–water partition coefficient (Wildman–Crippen LogP) is 1.80. The number of piperidine rings is 1. The molecule has 24 heavy (non-hydrogen) atoms. The second kappa shape index (κ2) is 13.3. The average molecular weight is 455 g/mol. The molecule has 1 saturated heterocycles. The number of nitrogens with one attached hydrogen (secondary N) is 1. The maximum absolute atomic E-state index is 11.6. The van der Waals surface area contributed by atoms with Gasteiger partial charge < -0.3 is 19.7 Å². The van der Waals surface area contributed by atoms with Gasteiger partial charge in [-0.3, -0.25) is 14.6 Å². The molecule has 1 aliphatic rings. The second-order valence-corrected chi connectivity index (χ2v) is 5.43. The summed E-state index contributed by atoms with van der Waals surface area (Å²) in [7, 11) is 1.43. The number of halogens is 1. The van der Waals surface area contributed by atoms with E-state index in [1.54, 1.807) is 6.92 Å². The molecule has 1 rings (SSSR count). The largest absolute Gasteiger partial charge is 0.469 e. The number of methoxy groups -OCH3 is 1. The Morgan fingerprint density at radius 1 is 1.25 bits per heavy atom. The Labute approximate surface area is 161 Å². The molecule has 8 heteroatoms. The quantitative estimate of drug-likeness (QED) is 0.207. The predicted molar refractivity (Wildman–Crippen MR) is 104 cm³/mol. The Hall–Kier alpha value is -1.06. The number of carbonyl (C=O) groups excluding carboxylic acids is 2. The Balaban J connectivity index is 0.00000529. The number of ether oxygens (including phenoxy) is 2. The normalized spacial score (nSPS) is 15.5. The number of aliphatic imine (C=N–C) groups is 1. The van der Waals surface area contributed by atoms with Gasteiger partial charge in [-0.15, -0.1) is 24.0 Å². The zero-order valence-corrected chi connectivity index (χ0v) is 17.2. The van der Waals surface area contributed by atoms with Crippen molar-refractivity contribution in [1.29, 1.82) is 0 Å². The van der Waals surface area contributed by atoms with E-state index >= 15 is 0 Å². The summed E-state index contributed by atoms with van der Waals surface area (Å²) in [6, 6.07) is 0. The van der Waals surface area contributed by atoms with Crippen LogP contribution in [0.4, 0.5) is 0 Å². The highest BCUT2D eigenvalue weighted by atomic mass is 127. The number of guanidine groups is 1. The van der Waals surface area contributed by atoms with Crippen molar-refractivity contribution in [3.05, 3.63) is 0 Å². The van der Waals surface area contributed by atoms with Crippen LogP contribution >= 0.6 is 24.0 Å². The van der Waals surface area contributed by atoms with Crippen LogP contribution in [-0.2, 0) is 19.1 Å². The van der Waals surface area contributed by atoms with E-state index in [4.69, 9.17) is 9.47 Å². The summed E-state index contributed by atoms with van der Waals surface area (Å²) in [4.78, 5) is 29.6. The molecule has 0 unspecified atom stereocenters. The van der Waals surface area contributed by atoms with Gasteiger partial charge in [0.1, 0.15) is 0 Å². The third-order valence-corrected chi connectivity index (χ3v) is 3.77. The van der Waals surface area contributed by atoms with E-state index in [0.717, 1.165) is 38.4 Å². The van der Waals surface area contributed by atoms with Gasteiger partial charge in [-0.2, -0.15) is 0 Å². The lowest BCUT2D eigenvalue weighted by molar-refractivity contribution is -0.146. The van der Waals surface area contributed by atoms with Crippen molar-refractivity contribution in [2.24, 2.45) is 10.9 Å². The van der Waals surface area contributed by atoms with Crippen molar-refractivity contribution in [3.63, 3.8) is 0 Å². The molecule has 140 valence electrons. The summed E-state index contributed by atoms with van der Waals surface area (Å²) < 4.78 is 9.71. The molecule has 7 nitrogen and oxygen atoms in total. The van der Waals surface area contributed by atoms with Crippen molar-refractivity contribution in [2.75, 3.05) is 39.9 Å². The highest BCUT2D eigenvalue weighted by Crippen LogP contribution is 2.18. The Bertz CT molecular complexity index is 410. The minimum absolute atomic E-state index is 0. The van der Waals surface area contributed by atoms with E-state index in [0.29, 0.717) is 26.0 Å². The summed E-state index contributed by atoms with van der Waals surface area (Å²) >= 11 is 0. The van der Waals surface area contributed by atoms with Gasteiger partial charge in [0.25, 0.3) is 0 Å². The number of esters is 2. The van der Waals surface area contributed by atoms with Gasteiger partial charge in [-0.1, -0.05) is 0 Å². The molecule has 0 aromatic carbocycles. The van der Waals surface area contributed by atoms with Crippen LogP contribution in [0.2, 0.25) is 0 Å². The molecule has 0 saturated carbocycles. The van der Waals surface area contributed by atoms with Gasteiger partial charge in [0.15, 0.2) is 5.96 Å². The molecule has 0 bridgehead atoms. The summed E-state index contributed by atoms with van der Waals surface area (Å²) in [5.41, 5.74) is 0. The minimum Gasteiger partial charge on any atom is -0.469 e. The number of rotatable bonds is 7. The molecule has 1 aliphatic heterocycles. The first-order valence-corrected chi connectivity index (χ1v) is 8.39. The first kappa shape index (κ1) is 22.9. The summed E-state index contributed by atoms with van der Waals surface area (Å²) in [5, 5.41) is 3.27. The third-order valence-electron chi connectivity index (χ3n) is 3.77. The van der Waals surface area contributed by atoms with Gasteiger partial charge in [0.05, 0.1) is 19.6 Å². The first-order chi connectivity index (χ1) is 11.1. The van der Waals surface area contributed by atoms with Crippen molar-refractivity contribution in [1.82, 2.24) is 10.2 Å². The van der Waals surface area contributed by atoms with E-state index in [1.165, 1.54) is 7.11 Å². The standard InChI is InChI=1S/C16H29N3O4.HI/c1-4-17-16(18-10-6-7-14(20)23-5-2)19-11-8-13(9-12-19)15(21)22-3;/h13H,4-12H2,1-3H3,(H,17,18);1H. The molecule has 0 aliphatic carbocycles. The fourth-order valence-electron chi connectivity index (χ4n) is 2.56. The van der Waals surface area contributed by atoms with E-state index < -0.39 is 0 Å². The second-order valence-electron chi connectivity index (χ2n) is 5.43. The maximum atomic E-state index is 11.6.